The number of hydrogen-bond donors (Lipinski definition) is 2. The standard InChI is InChI=1S/C14H23N3O2S/c1-9(2)12-7-11(8-13(15)17-12)14(18)16-6-5-10(3)20(4)19/h7-10H,5-6H2,1-4H3,(H2,15,17)(H,16,18). The number of carbonyl (C=O) groups is 1. The second kappa shape index (κ2) is 7.38. The molecule has 0 bridgehead atoms. The van der Waals surface area contributed by atoms with Crippen molar-refractivity contribution >= 4 is 22.5 Å². The van der Waals surface area contributed by atoms with Crippen molar-refractivity contribution in [1.82, 2.24) is 10.3 Å². The third-order valence-corrected chi connectivity index (χ3v) is 4.49. The predicted octanol–water partition coefficient (Wildman–Crippen LogP) is 1.67. The Bertz CT molecular complexity index is 503. The van der Waals surface area contributed by atoms with Crippen LogP contribution in [0.15, 0.2) is 12.1 Å². The number of nitrogens with zero attached hydrogens (tertiary/aromatic N) is 1. The van der Waals surface area contributed by atoms with Gasteiger partial charge >= 0.3 is 0 Å². The molecule has 5 nitrogen and oxygen atoms in total. The van der Waals surface area contributed by atoms with E-state index in [0.29, 0.717) is 24.3 Å². The van der Waals surface area contributed by atoms with Crippen molar-refractivity contribution in [1.29, 1.82) is 0 Å². The topological polar surface area (TPSA) is 85.1 Å². The van der Waals surface area contributed by atoms with Crippen molar-refractivity contribution in [2.45, 2.75) is 38.4 Å². The minimum Gasteiger partial charge on any atom is -0.384 e. The SMILES string of the molecule is CC(C)c1cc(C(=O)NCCC(C)S(C)=O)cc(N)n1. The van der Waals surface area contributed by atoms with Crippen LogP contribution in [0.4, 0.5) is 5.82 Å². The van der Waals surface area contributed by atoms with Crippen LogP contribution in [0.3, 0.4) is 0 Å². The Kier molecular flexibility index (Phi) is 6.13. The van der Waals surface area contributed by atoms with Gasteiger partial charge in [0.2, 0.25) is 0 Å². The first-order chi connectivity index (χ1) is 9.31. The molecule has 112 valence electrons. The molecule has 1 aromatic heterocycles. The summed E-state index contributed by atoms with van der Waals surface area (Å²) in [6, 6.07) is 3.33. The molecule has 0 saturated carbocycles. The fourth-order valence-electron chi connectivity index (χ4n) is 1.66. The molecule has 2 unspecified atom stereocenters. The smallest absolute Gasteiger partial charge is 0.251 e. The minimum absolute atomic E-state index is 0.0732. The molecule has 0 saturated heterocycles. The molecule has 0 fully saturated rings. The third kappa shape index (κ3) is 4.92. The molecule has 2 atom stereocenters. The van der Waals surface area contributed by atoms with Gasteiger partial charge in [-0.15, -0.1) is 0 Å². The van der Waals surface area contributed by atoms with E-state index in [9.17, 15) is 9.00 Å². The highest BCUT2D eigenvalue weighted by atomic mass is 32.2. The average molecular weight is 297 g/mol. The number of aromatic nitrogens is 1. The van der Waals surface area contributed by atoms with Gasteiger partial charge in [-0.2, -0.15) is 0 Å². The van der Waals surface area contributed by atoms with Crippen molar-refractivity contribution in [2.75, 3.05) is 18.5 Å². The predicted molar refractivity (Wildman–Crippen MR) is 83.2 cm³/mol. The molecule has 0 aliphatic carbocycles. The molecule has 3 N–H and O–H groups in total. The van der Waals surface area contributed by atoms with Crippen molar-refractivity contribution in [2.24, 2.45) is 0 Å². The summed E-state index contributed by atoms with van der Waals surface area (Å²) in [6.45, 7) is 6.41. The first kappa shape index (κ1) is 16.6. The largest absolute Gasteiger partial charge is 0.384 e. The van der Waals surface area contributed by atoms with Crippen LogP contribution in [0.2, 0.25) is 0 Å². The van der Waals surface area contributed by atoms with Gasteiger partial charge in [-0.1, -0.05) is 20.8 Å². The van der Waals surface area contributed by atoms with Gasteiger partial charge in [0.25, 0.3) is 5.91 Å². The number of amides is 1. The van der Waals surface area contributed by atoms with E-state index in [1.54, 1.807) is 18.4 Å². The average Bonchev–Trinajstić information content (AvgIpc) is 2.37. The van der Waals surface area contributed by atoms with Gasteiger partial charge < -0.3 is 11.1 Å². The molecule has 1 rings (SSSR count). The van der Waals surface area contributed by atoms with Crippen LogP contribution in [0, 0.1) is 0 Å². The molecule has 20 heavy (non-hydrogen) atoms. The van der Waals surface area contributed by atoms with Crippen molar-refractivity contribution in [3.05, 3.63) is 23.4 Å². The zero-order chi connectivity index (χ0) is 15.3. The Hall–Kier alpha value is -1.43. The van der Waals surface area contributed by atoms with Crippen LogP contribution >= 0.6 is 0 Å². The molecule has 0 aromatic carbocycles. The molecule has 0 aliphatic heterocycles. The first-order valence-corrected chi connectivity index (χ1v) is 8.31. The number of nitrogens with two attached hydrogens (primary N) is 1. The van der Waals surface area contributed by atoms with Crippen LogP contribution in [0.25, 0.3) is 0 Å². The molecule has 6 heteroatoms. The summed E-state index contributed by atoms with van der Waals surface area (Å²) in [5.74, 6) is 0.395. The van der Waals surface area contributed by atoms with Gasteiger partial charge in [-0.25, -0.2) is 4.98 Å². The summed E-state index contributed by atoms with van der Waals surface area (Å²) in [5.41, 5.74) is 7.04. The van der Waals surface area contributed by atoms with Crippen molar-refractivity contribution < 1.29 is 9.00 Å². The van der Waals surface area contributed by atoms with E-state index in [2.05, 4.69) is 10.3 Å². The number of carbonyl (C=O) groups excluding carboxylic acids is 1. The Balaban J connectivity index is 2.66. The second-order valence-corrected chi connectivity index (χ2v) is 7.02. The van der Waals surface area contributed by atoms with E-state index < -0.39 is 10.8 Å². The van der Waals surface area contributed by atoms with Gasteiger partial charge in [0.15, 0.2) is 0 Å². The van der Waals surface area contributed by atoms with Gasteiger partial charge in [-0.05, 0) is 24.5 Å². The summed E-state index contributed by atoms with van der Waals surface area (Å²) < 4.78 is 11.2. The van der Waals surface area contributed by atoms with Crippen LogP contribution in [-0.2, 0) is 10.8 Å². The zero-order valence-corrected chi connectivity index (χ0v) is 13.3. The number of rotatable bonds is 6. The Labute approximate surface area is 122 Å². The highest BCUT2D eigenvalue weighted by molar-refractivity contribution is 7.84. The Morgan fingerprint density at radius 2 is 2.05 bits per heavy atom. The van der Waals surface area contributed by atoms with Gasteiger partial charge in [0.1, 0.15) is 5.82 Å². The lowest BCUT2D eigenvalue weighted by Crippen LogP contribution is -2.27. The lowest BCUT2D eigenvalue weighted by atomic mass is 10.1. The summed E-state index contributed by atoms with van der Waals surface area (Å²) in [5, 5.41) is 2.89. The van der Waals surface area contributed by atoms with Crippen LogP contribution in [0.5, 0.6) is 0 Å². The molecule has 1 aromatic rings. The Morgan fingerprint density at radius 1 is 1.40 bits per heavy atom. The molecule has 0 spiro atoms. The highest BCUT2D eigenvalue weighted by Crippen LogP contribution is 2.16. The van der Waals surface area contributed by atoms with E-state index in [1.165, 1.54) is 0 Å². The zero-order valence-electron chi connectivity index (χ0n) is 12.5. The van der Waals surface area contributed by atoms with Crippen LogP contribution < -0.4 is 11.1 Å². The highest BCUT2D eigenvalue weighted by Gasteiger charge is 2.12. The second-order valence-electron chi connectivity index (χ2n) is 5.21. The summed E-state index contributed by atoms with van der Waals surface area (Å²) in [6.07, 6.45) is 2.36. The van der Waals surface area contributed by atoms with Crippen LogP contribution in [0.1, 0.15) is 49.2 Å². The summed E-state index contributed by atoms with van der Waals surface area (Å²) in [4.78, 5) is 16.3. The maximum atomic E-state index is 12.1. The molecule has 0 aliphatic rings. The lowest BCUT2D eigenvalue weighted by molar-refractivity contribution is 0.0953. The molecule has 0 radical (unpaired) electrons. The number of nitrogen functional groups attached to an aromatic ring is 1. The quantitative estimate of drug-likeness (QED) is 0.836. The number of anilines is 1. The monoisotopic (exact) mass is 297 g/mol. The maximum absolute atomic E-state index is 12.1. The van der Waals surface area contributed by atoms with Gasteiger partial charge in [0.05, 0.1) is 0 Å². The van der Waals surface area contributed by atoms with E-state index >= 15 is 0 Å². The first-order valence-electron chi connectivity index (χ1n) is 6.69. The van der Waals surface area contributed by atoms with Crippen molar-refractivity contribution in [3.8, 4) is 0 Å². The van der Waals surface area contributed by atoms with Gasteiger partial charge in [-0.3, -0.25) is 9.00 Å². The van der Waals surface area contributed by atoms with E-state index in [-0.39, 0.29) is 17.1 Å². The molecule has 1 heterocycles. The fraction of sp³-hybridized carbons (Fsp3) is 0.571. The number of hydrogen-bond acceptors (Lipinski definition) is 4. The summed E-state index contributed by atoms with van der Waals surface area (Å²) in [7, 11) is -0.864. The minimum atomic E-state index is -0.864. The van der Waals surface area contributed by atoms with E-state index in [4.69, 9.17) is 5.73 Å². The van der Waals surface area contributed by atoms with E-state index in [0.717, 1.165) is 5.69 Å². The number of pyridine rings is 1. The van der Waals surface area contributed by atoms with E-state index in [1.807, 2.05) is 20.8 Å². The summed E-state index contributed by atoms with van der Waals surface area (Å²) >= 11 is 0. The molecular weight excluding hydrogens is 274 g/mol. The van der Waals surface area contributed by atoms with Crippen molar-refractivity contribution in [3.63, 3.8) is 0 Å². The van der Waals surface area contributed by atoms with Crippen LogP contribution in [-0.4, -0.2) is 33.2 Å². The molecular formula is C14H23N3O2S. The normalized spacial score (nSPS) is 14.1. The fourth-order valence-corrected chi connectivity index (χ4v) is 2.11. The third-order valence-electron chi connectivity index (χ3n) is 3.12. The molecule has 1 amide bonds. The Morgan fingerprint density at radius 3 is 2.60 bits per heavy atom. The maximum Gasteiger partial charge on any atom is 0.251 e. The lowest BCUT2D eigenvalue weighted by Gasteiger charge is -2.11. The van der Waals surface area contributed by atoms with Gasteiger partial charge in [0, 0.05) is 40.1 Å². The number of nitrogens with one attached hydrogen (secondary N) is 1.